The summed E-state index contributed by atoms with van der Waals surface area (Å²) in [6, 6.07) is 13.0. The van der Waals surface area contributed by atoms with Crippen molar-refractivity contribution in [1.82, 2.24) is 5.32 Å². The van der Waals surface area contributed by atoms with Crippen LogP contribution in [0, 0.1) is 0 Å². The van der Waals surface area contributed by atoms with Crippen molar-refractivity contribution in [2.24, 2.45) is 0 Å². The summed E-state index contributed by atoms with van der Waals surface area (Å²) in [7, 11) is 0. The molecule has 2 aromatic rings. The number of carbonyl (C=O) groups excluding carboxylic acids is 1. The van der Waals surface area contributed by atoms with Crippen LogP contribution in [-0.2, 0) is 0 Å². The highest BCUT2D eigenvalue weighted by Gasteiger charge is 2.24. The van der Waals surface area contributed by atoms with E-state index in [1.807, 2.05) is 30.3 Å². The van der Waals surface area contributed by atoms with Gasteiger partial charge < -0.3 is 10.1 Å². The molecule has 0 aliphatic carbocycles. The molecule has 108 valence electrons. The van der Waals surface area contributed by atoms with Gasteiger partial charge in [0.1, 0.15) is 5.75 Å². The molecule has 1 unspecified atom stereocenters. The monoisotopic (exact) mass is 365 g/mol. The Bertz CT molecular complexity index is 690. The molecule has 1 aliphatic rings. The van der Waals surface area contributed by atoms with Crippen LogP contribution in [0.1, 0.15) is 28.4 Å². The zero-order chi connectivity index (χ0) is 14.8. The Morgan fingerprint density at radius 1 is 1.24 bits per heavy atom. The van der Waals surface area contributed by atoms with Gasteiger partial charge in [-0.2, -0.15) is 0 Å². The molecule has 3 nitrogen and oxygen atoms in total. The smallest absolute Gasteiger partial charge is 0.253 e. The summed E-state index contributed by atoms with van der Waals surface area (Å²) in [5.41, 5.74) is 1.47. The average Bonchev–Trinajstić information content (AvgIpc) is 2.50. The van der Waals surface area contributed by atoms with Crippen LogP contribution in [0.2, 0.25) is 5.02 Å². The van der Waals surface area contributed by atoms with Gasteiger partial charge >= 0.3 is 0 Å². The molecule has 1 atom stereocenters. The molecular formula is C16H13BrClNO2. The van der Waals surface area contributed by atoms with Gasteiger partial charge in [-0.25, -0.2) is 0 Å². The van der Waals surface area contributed by atoms with Crippen LogP contribution < -0.4 is 10.1 Å². The third-order valence-electron chi connectivity index (χ3n) is 3.46. The fraction of sp³-hybridized carbons (Fsp3) is 0.188. The fourth-order valence-electron chi connectivity index (χ4n) is 2.41. The summed E-state index contributed by atoms with van der Waals surface area (Å²) < 4.78 is 6.31. The zero-order valence-electron chi connectivity index (χ0n) is 11.1. The number of rotatable bonds is 2. The molecule has 0 fully saturated rings. The number of hydrogen-bond donors (Lipinski definition) is 1. The second-order valence-corrected chi connectivity index (χ2v) is 6.03. The van der Waals surface area contributed by atoms with E-state index in [1.54, 1.807) is 12.1 Å². The second-order valence-electron chi connectivity index (χ2n) is 4.80. The van der Waals surface area contributed by atoms with E-state index in [2.05, 4.69) is 21.2 Å². The molecule has 1 aliphatic heterocycles. The van der Waals surface area contributed by atoms with Gasteiger partial charge in [0.15, 0.2) is 0 Å². The van der Waals surface area contributed by atoms with Crippen molar-refractivity contribution in [1.29, 1.82) is 0 Å². The first-order chi connectivity index (χ1) is 10.2. The Kier molecular flexibility index (Phi) is 4.17. The van der Waals surface area contributed by atoms with Crippen molar-refractivity contribution in [3.8, 4) is 5.75 Å². The maximum atomic E-state index is 12.4. The molecule has 3 rings (SSSR count). The molecule has 0 radical (unpaired) electrons. The Balaban J connectivity index is 1.85. The molecule has 5 heteroatoms. The number of ether oxygens (including phenoxy) is 1. The number of hydrogen-bond acceptors (Lipinski definition) is 2. The lowest BCUT2D eigenvalue weighted by molar-refractivity contribution is 0.0925. The van der Waals surface area contributed by atoms with Gasteiger partial charge in [-0.1, -0.05) is 35.9 Å². The van der Waals surface area contributed by atoms with Crippen LogP contribution in [0.15, 0.2) is 46.9 Å². The molecule has 21 heavy (non-hydrogen) atoms. The first kappa shape index (κ1) is 14.4. The van der Waals surface area contributed by atoms with E-state index in [1.165, 1.54) is 0 Å². The van der Waals surface area contributed by atoms with E-state index in [4.69, 9.17) is 16.3 Å². The molecule has 0 saturated carbocycles. The minimum absolute atomic E-state index is 0.0579. The van der Waals surface area contributed by atoms with E-state index < -0.39 is 0 Å². The van der Waals surface area contributed by atoms with Gasteiger partial charge in [-0.3, -0.25) is 4.79 Å². The Morgan fingerprint density at radius 3 is 2.90 bits per heavy atom. The number of fused-ring (bicyclic) bond motifs is 1. The van der Waals surface area contributed by atoms with E-state index in [-0.39, 0.29) is 11.9 Å². The highest BCUT2D eigenvalue weighted by molar-refractivity contribution is 9.10. The van der Waals surface area contributed by atoms with Gasteiger partial charge in [0.05, 0.1) is 23.2 Å². The SMILES string of the molecule is O=C(NC1CCOc2ccccc21)c1cccc(Br)c1Cl. The van der Waals surface area contributed by atoms with Crippen LogP contribution in [0.3, 0.4) is 0 Å². The van der Waals surface area contributed by atoms with Gasteiger partial charge in [0.25, 0.3) is 5.91 Å². The number of carbonyl (C=O) groups is 1. The summed E-state index contributed by atoms with van der Waals surface area (Å²) in [4.78, 5) is 12.4. The van der Waals surface area contributed by atoms with Crippen LogP contribution in [0.25, 0.3) is 0 Å². The summed E-state index contributed by atoms with van der Waals surface area (Å²) in [6.45, 7) is 0.591. The lowest BCUT2D eigenvalue weighted by Gasteiger charge is -2.26. The summed E-state index contributed by atoms with van der Waals surface area (Å²) in [5, 5.41) is 3.46. The molecule has 1 N–H and O–H groups in total. The first-order valence-electron chi connectivity index (χ1n) is 6.63. The maximum Gasteiger partial charge on any atom is 0.253 e. The Morgan fingerprint density at radius 2 is 2.05 bits per heavy atom. The van der Waals surface area contributed by atoms with Gasteiger partial charge in [0, 0.05) is 16.5 Å². The molecule has 0 aromatic heterocycles. The van der Waals surface area contributed by atoms with E-state index in [0.29, 0.717) is 21.7 Å². The quantitative estimate of drug-likeness (QED) is 0.858. The zero-order valence-corrected chi connectivity index (χ0v) is 13.4. The van der Waals surface area contributed by atoms with Crippen molar-refractivity contribution in [3.63, 3.8) is 0 Å². The van der Waals surface area contributed by atoms with Crippen LogP contribution in [-0.4, -0.2) is 12.5 Å². The van der Waals surface area contributed by atoms with Crippen LogP contribution in [0.4, 0.5) is 0 Å². The summed E-state index contributed by atoms with van der Waals surface area (Å²) in [6.07, 6.45) is 0.744. The average molecular weight is 367 g/mol. The number of para-hydroxylation sites is 1. The minimum Gasteiger partial charge on any atom is -0.493 e. The predicted octanol–water partition coefficient (Wildman–Crippen LogP) is 4.36. The van der Waals surface area contributed by atoms with E-state index >= 15 is 0 Å². The largest absolute Gasteiger partial charge is 0.493 e. The molecule has 0 bridgehead atoms. The molecular weight excluding hydrogens is 354 g/mol. The third kappa shape index (κ3) is 2.92. The Hall–Kier alpha value is -1.52. The first-order valence-corrected chi connectivity index (χ1v) is 7.80. The summed E-state index contributed by atoms with van der Waals surface area (Å²) in [5.74, 6) is 0.650. The van der Waals surface area contributed by atoms with Crippen LogP contribution >= 0.6 is 27.5 Å². The lowest BCUT2D eigenvalue weighted by atomic mass is 10.00. The van der Waals surface area contributed by atoms with Crippen molar-refractivity contribution >= 4 is 33.4 Å². The number of nitrogens with one attached hydrogen (secondary N) is 1. The highest BCUT2D eigenvalue weighted by Crippen LogP contribution is 2.32. The van der Waals surface area contributed by atoms with E-state index in [0.717, 1.165) is 17.7 Å². The van der Waals surface area contributed by atoms with Crippen molar-refractivity contribution in [2.75, 3.05) is 6.61 Å². The van der Waals surface area contributed by atoms with Crippen molar-refractivity contribution in [2.45, 2.75) is 12.5 Å². The number of amides is 1. The molecule has 1 heterocycles. The predicted molar refractivity (Wildman–Crippen MR) is 85.9 cm³/mol. The van der Waals surface area contributed by atoms with Crippen molar-refractivity contribution < 1.29 is 9.53 Å². The van der Waals surface area contributed by atoms with Crippen LogP contribution in [0.5, 0.6) is 5.75 Å². The van der Waals surface area contributed by atoms with Gasteiger partial charge in [-0.05, 0) is 34.1 Å². The highest BCUT2D eigenvalue weighted by atomic mass is 79.9. The molecule has 0 spiro atoms. The number of halogens is 2. The summed E-state index contributed by atoms with van der Waals surface area (Å²) >= 11 is 9.51. The molecule has 2 aromatic carbocycles. The normalized spacial score (nSPS) is 16.8. The molecule has 0 saturated heterocycles. The van der Waals surface area contributed by atoms with Gasteiger partial charge in [-0.15, -0.1) is 0 Å². The van der Waals surface area contributed by atoms with Gasteiger partial charge in [0.2, 0.25) is 0 Å². The minimum atomic E-state index is -0.178. The number of benzene rings is 2. The van der Waals surface area contributed by atoms with Crippen molar-refractivity contribution in [3.05, 3.63) is 63.1 Å². The van der Waals surface area contributed by atoms with E-state index in [9.17, 15) is 4.79 Å². The Labute approximate surface area is 136 Å². The third-order valence-corrected chi connectivity index (χ3v) is 4.76. The lowest BCUT2D eigenvalue weighted by Crippen LogP contribution is -2.32. The maximum absolute atomic E-state index is 12.4. The fourth-order valence-corrected chi connectivity index (χ4v) is 2.99. The molecule has 1 amide bonds. The topological polar surface area (TPSA) is 38.3 Å². The standard InChI is InChI=1S/C16H13BrClNO2/c17-12-6-3-5-11(15(12)18)16(20)19-13-8-9-21-14-7-2-1-4-10(13)14/h1-7,13H,8-9H2,(H,19,20). The second kappa shape index (κ2) is 6.08.